The molecule has 1 N–H and O–H groups in total. The third-order valence-electron chi connectivity index (χ3n) is 2.90. The first-order valence-electron chi connectivity index (χ1n) is 6.16. The molecule has 0 aliphatic heterocycles. The van der Waals surface area contributed by atoms with E-state index in [1.807, 2.05) is 38.2 Å². The monoisotopic (exact) mass is 233 g/mol. The molecule has 3 heteroatoms. The van der Waals surface area contributed by atoms with Gasteiger partial charge in [-0.1, -0.05) is 19.1 Å². The molecule has 0 bridgehead atoms. The van der Waals surface area contributed by atoms with Crippen molar-refractivity contribution in [3.63, 3.8) is 0 Å². The molecule has 1 unspecified atom stereocenters. The second kappa shape index (κ2) is 5.32. The molecule has 1 aromatic carbocycles. The summed E-state index contributed by atoms with van der Waals surface area (Å²) < 4.78 is 5.69. The van der Waals surface area contributed by atoms with E-state index >= 15 is 0 Å². The Morgan fingerprint density at radius 3 is 2.94 bits per heavy atom. The summed E-state index contributed by atoms with van der Waals surface area (Å²) in [5.74, 6) is 0.978. The Hall–Kier alpha value is -1.35. The Labute approximate surface area is 102 Å². The molecule has 1 saturated carbocycles. The number of benzene rings is 1. The summed E-state index contributed by atoms with van der Waals surface area (Å²) in [6.07, 6.45) is 2.64. The number of ether oxygens (including phenoxy) is 1. The molecule has 1 aliphatic rings. The minimum Gasteiger partial charge on any atom is -0.490 e. The zero-order chi connectivity index (χ0) is 12.3. The second-order valence-corrected chi connectivity index (χ2v) is 4.67. The lowest BCUT2D eigenvalue weighted by Gasteiger charge is -2.11. The highest BCUT2D eigenvalue weighted by Crippen LogP contribution is 2.27. The van der Waals surface area contributed by atoms with E-state index in [1.165, 1.54) is 0 Å². The average molecular weight is 233 g/mol. The molecule has 1 aliphatic carbocycles. The maximum absolute atomic E-state index is 12.1. The molecule has 0 spiro atoms. The predicted molar refractivity (Wildman–Crippen MR) is 67.5 cm³/mol. The number of carbonyl (C=O) groups is 1. The summed E-state index contributed by atoms with van der Waals surface area (Å²) in [5, 5.41) is 3.02. The van der Waals surface area contributed by atoms with Crippen molar-refractivity contribution < 1.29 is 9.53 Å². The summed E-state index contributed by atoms with van der Waals surface area (Å²) in [6.45, 7) is 2.64. The van der Waals surface area contributed by atoms with E-state index in [0.717, 1.165) is 24.2 Å². The lowest BCUT2D eigenvalue weighted by molar-refractivity contribution is 0.0929. The van der Waals surface area contributed by atoms with Crippen molar-refractivity contribution in [1.82, 2.24) is 5.32 Å². The van der Waals surface area contributed by atoms with Crippen LogP contribution >= 0.6 is 0 Å². The first-order chi connectivity index (χ1) is 8.20. The van der Waals surface area contributed by atoms with Gasteiger partial charge in [-0.2, -0.15) is 0 Å². The van der Waals surface area contributed by atoms with E-state index in [1.54, 1.807) is 0 Å². The van der Waals surface area contributed by atoms with Crippen LogP contribution in [0.2, 0.25) is 0 Å². The van der Waals surface area contributed by atoms with Crippen molar-refractivity contribution in [2.24, 2.45) is 5.92 Å². The van der Waals surface area contributed by atoms with Crippen LogP contribution < -0.4 is 10.1 Å². The van der Waals surface area contributed by atoms with E-state index in [0.29, 0.717) is 12.6 Å². The van der Waals surface area contributed by atoms with Gasteiger partial charge in [-0.25, -0.2) is 0 Å². The van der Waals surface area contributed by atoms with Crippen LogP contribution in [-0.4, -0.2) is 25.5 Å². The minimum absolute atomic E-state index is 0.00354. The number of carbonyl (C=O) groups excluding carboxylic acids is 1. The highest BCUT2D eigenvalue weighted by Gasteiger charge is 2.24. The Morgan fingerprint density at radius 1 is 1.53 bits per heavy atom. The molecule has 3 nitrogen and oxygen atoms in total. The van der Waals surface area contributed by atoms with Crippen LogP contribution in [0, 0.1) is 5.92 Å². The maximum Gasteiger partial charge on any atom is 0.167 e. The highest BCUT2D eigenvalue weighted by molar-refractivity contribution is 5.98. The lowest BCUT2D eigenvalue weighted by Crippen LogP contribution is -2.23. The quantitative estimate of drug-likeness (QED) is 0.766. The molecule has 0 radical (unpaired) electrons. The van der Waals surface area contributed by atoms with Gasteiger partial charge in [-0.3, -0.25) is 4.79 Å². The summed E-state index contributed by atoms with van der Waals surface area (Å²) in [7, 11) is 1.86. The summed E-state index contributed by atoms with van der Waals surface area (Å²) >= 11 is 0. The van der Waals surface area contributed by atoms with E-state index in [9.17, 15) is 4.79 Å². The van der Waals surface area contributed by atoms with Crippen LogP contribution in [0.4, 0.5) is 0 Å². The van der Waals surface area contributed by atoms with Gasteiger partial charge in [-0.15, -0.1) is 0 Å². The standard InChI is InChI=1S/C14H19NO2/c1-10(9-15-2)14(16)11-4-3-5-13(8-11)17-12-6-7-12/h3-5,8,10,12,15H,6-7,9H2,1-2H3. The van der Waals surface area contributed by atoms with Crippen molar-refractivity contribution in [1.29, 1.82) is 0 Å². The van der Waals surface area contributed by atoms with Crippen LogP contribution in [0.5, 0.6) is 5.75 Å². The second-order valence-electron chi connectivity index (χ2n) is 4.67. The van der Waals surface area contributed by atoms with Crippen LogP contribution in [0.1, 0.15) is 30.1 Å². The summed E-state index contributed by atoms with van der Waals surface area (Å²) in [6, 6.07) is 7.51. The Kier molecular flexibility index (Phi) is 3.79. The zero-order valence-corrected chi connectivity index (χ0v) is 10.4. The third-order valence-corrected chi connectivity index (χ3v) is 2.90. The molecule has 1 atom stereocenters. The Morgan fingerprint density at radius 2 is 2.29 bits per heavy atom. The first kappa shape index (κ1) is 12.1. The topological polar surface area (TPSA) is 38.3 Å². The molecule has 2 rings (SSSR count). The SMILES string of the molecule is CNCC(C)C(=O)c1cccc(OC2CC2)c1. The largest absolute Gasteiger partial charge is 0.490 e. The number of Topliss-reactive ketones (excluding diaryl/α,β-unsaturated/α-hetero) is 1. The van der Waals surface area contributed by atoms with E-state index in [2.05, 4.69) is 5.32 Å². The van der Waals surface area contributed by atoms with Gasteiger partial charge in [0.15, 0.2) is 5.78 Å². The van der Waals surface area contributed by atoms with Crippen LogP contribution in [0.15, 0.2) is 24.3 Å². The van der Waals surface area contributed by atoms with Crippen LogP contribution in [0.3, 0.4) is 0 Å². The van der Waals surface area contributed by atoms with Crippen LogP contribution in [-0.2, 0) is 0 Å². The minimum atomic E-state index is -0.00354. The molecule has 0 amide bonds. The fraction of sp³-hybridized carbons (Fsp3) is 0.500. The third kappa shape index (κ3) is 3.30. The molecular weight excluding hydrogens is 214 g/mol. The Bertz CT molecular complexity index is 399. The van der Waals surface area contributed by atoms with Gasteiger partial charge in [-0.05, 0) is 32.0 Å². The van der Waals surface area contributed by atoms with Gasteiger partial charge >= 0.3 is 0 Å². The predicted octanol–water partition coefficient (Wildman–Crippen LogP) is 2.27. The molecule has 17 heavy (non-hydrogen) atoms. The van der Waals surface area contributed by atoms with Crippen molar-refractivity contribution in [2.45, 2.75) is 25.9 Å². The van der Waals surface area contributed by atoms with E-state index < -0.39 is 0 Å². The fourth-order valence-electron chi connectivity index (χ4n) is 1.78. The highest BCUT2D eigenvalue weighted by atomic mass is 16.5. The van der Waals surface area contributed by atoms with Gasteiger partial charge in [0.2, 0.25) is 0 Å². The van der Waals surface area contributed by atoms with Gasteiger partial charge in [0.1, 0.15) is 5.75 Å². The Balaban J connectivity index is 2.05. The molecule has 92 valence electrons. The van der Waals surface area contributed by atoms with E-state index in [4.69, 9.17) is 4.74 Å². The normalized spacial score (nSPS) is 16.6. The van der Waals surface area contributed by atoms with Gasteiger partial charge in [0.25, 0.3) is 0 Å². The maximum atomic E-state index is 12.1. The van der Waals surface area contributed by atoms with Crippen molar-refractivity contribution in [3.05, 3.63) is 29.8 Å². The number of hydrogen-bond acceptors (Lipinski definition) is 3. The number of hydrogen-bond donors (Lipinski definition) is 1. The summed E-state index contributed by atoms with van der Waals surface area (Å²) in [5.41, 5.74) is 0.742. The number of ketones is 1. The molecule has 0 heterocycles. The van der Waals surface area contributed by atoms with Gasteiger partial charge in [0, 0.05) is 18.0 Å². The van der Waals surface area contributed by atoms with Gasteiger partial charge < -0.3 is 10.1 Å². The van der Waals surface area contributed by atoms with Gasteiger partial charge in [0.05, 0.1) is 6.10 Å². The lowest BCUT2D eigenvalue weighted by atomic mass is 9.99. The molecule has 0 aromatic heterocycles. The smallest absolute Gasteiger partial charge is 0.167 e. The molecular formula is C14H19NO2. The molecule has 1 fully saturated rings. The van der Waals surface area contributed by atoms with Crippen molar-refractivity contribution >= 4 is 5.78 Å². The number of nitrogens with one attached hydrogen (secondary N) is 1. The number of rotatable bonds is 6. The fourth-order valence-corrected chi connectivity index (χ4v) is 1.78. The van der Waals surface area contributed by atoms with Crippen molar-refractivity contribution in [2.75, 3.05) is 13.6 Å². The molecule has 1 aromatic rings. The zero-order valence-electron chi connectivity index (χ0n) is 10.4. The molecule has 0 saturated heterocycles. The first-order valence-corrected chi connectivity index (χ1v) is 6.16. The van der Waals surface area contributed by atoms with Crippen LogP contribution in [0.25, 0.3) is 0 Å². The summed E-state index contributed by atoms with van der Waals surface area (Å²) in [4.78, 5) is 12.1. The van der Waals surface area contributed by atoms with Crippen molar-refractivity contribution in [3.8, 4) is 5.75 Å². The van der Waals surface area contributed by atoms with E-state index in [-0.39, 0.29) is 11.7 Å². The average Bonchev–Trinajstić information content (AvgIpc) is 3.12.